The average molecular weight is 636 g/mol. The molecule has 18 heteroatoms. The predicted octanol–water partition coefficient (Wildman–Crippen LogP) is -1.83. The molecule has 44 heavy (non-hydrogen) atoms. The highest BCUT2D eigenvalue weighted by molar-refractivity contribution is 5.73. The van der Waals surface area contributed by atoms with Gasteiger partial charge in [0.1, 0.15) is 37.6 Å². The number of aliphatic hydroxyl groups is 1. The van der Waals surface area contributed by atoms with Crippen LogP contribution in [0.25, 0.3) is 0 Å². The van der Waals surface area contributed by atoms with Gasteiger partial charge in [-0.15, -0.1) is 0 Å². The van der Waals surface area contributed by atoms with Crippen molar-refractivity contribution in [3.05, 3.63) is 0 Å². The van der Waals surface area contributed by atoms with Gasteiger partial charge in [0.2, 0.25) is 5.91 Å². The van der Waals surface area contributed by atoms with Crippen molar-refractivity contribution in [1.82, 2.24) is 5.32 Å². The van der Waals surface area contributed by atoms with Gasteiger partial charge in [0.15, 0.2) is 37.0 Å². The van der Waals surface area contributed by atoms with Crippen LogP contribution in [0, 0.1) is 0 Å². The van der Waals surface area contributed by atoms with Crippen LogP contribution in [0.1, 0.15) is 48.5 Å². The van der Waals surface area contributed by atoms with Gasteiger partial charge in [0.25, 0.3) is 0 Å². The van der Waals surface area contributed by atoms with Crippen LogP contribution >= 0.6 is 0 Å². The van der Waals surface area contributed by atoms with Gasteiger partial charge < -0.3 is 53.1 Å². The minimum Gasteiger partial charge on any atom is -0.463 e. The van der Waals surface area contributed by atoms with Gasteiger partial charge in [-0.3, -0.25) is 33.6 Å². The number of ether oxygens (including phenoxy) is 9. The van der Waals surface area contributed by atoms with Gasteiger partial charge in [-0.05, 0) is 0 Å². The van der Waals surface area contributed by atoms with Crippen molar-refractivity contribution in [2.75, 3.05) is 13.2 Å². The predicted molar refractivity (Wildman–Crippen MR) is 138 cm³/mol. The van der Waals surface area contributed by atoms with Crippen molar-refractivity contribution in [2.45, 2.75) is 110 Å². The SMILES string of the molecule is CC(=O)N[C@@H]1[C@H](OC(C)=O)[C@H](O[C@H]2O[C@@H](COC(C)=O)[C@H](OC(C)=O)[C@@H](OC(C)=O)[C@H]2OC(C)=O)[C@H](COC(C)=O)O[C@H]1O. The molecule has 0 aromatic rings. The van der Waals surface area contributed by atoms with Gasteiger partial charge in [0, 0.05) is 48.5 Å². The van der Waals surface area contributed by atoms with Gasteiger partial charge in [-0.1, -0.05) is 0 Å². The maximum atomic E-state index is 12.2. The Balaban J connectivity index is 2.66. The van der Waals surface area contributed by atoms with Crippen molar-refractivity contribution in [3.8, 4) is 0 Å². The first-order chi connectivity index (χ1) is 20.5. The number of amides is 1. The van der Waals surface area contributed by atoms with Crippen LogP contribution in [0.15, 0.2) is 0 Å². The van der Waals surface area contributed by atoms with Crippen LogP contribution in [0.4, 0.5) is 0 Å². The molecule has 0 aromatic carbocycles. The van der Waals surface area contributed by atoms with Gasteiger partial charge in [-0.25, -0.2) is 0 Å². The molecule has 10 atom stereocenters. The summed E-state index contributed by atoms with van der Waals surface area (Å²) >= 11 is 0. The molecular weight excluding hydrogens is 598 g/mol. The molecule has 0 bridgehead atoms. The Morgan fingerprint density at radius 2 is 1.00 bits per heavy atom. The third-order valence-electron chi connectivity index (χ3n) is 6.03. The monoisotopic (exact) mass is 635 g/mol. The number of rotatable bonds is 11. The molecule has 0 aliphatic carbocycles. The lowest BCUT2D eigenvalue weighted by molar-refractivity contribution is -0.347. The Kier molecular flexibility index (Phi) is 13.4. The summed E-state index contributed by atoms with van der Waals surface area (Å²) in [7, 11) is 0. The van der Waals surface area contributed by atoms with Crippen molar-refractivity contribution >= 4 is 41.7 Å². The second kappa shape index (κ2) is 16.3. The average Bonchev–Trinajstić information content (AvgIpc) is 2.87. The highest BCUT2D eigenvalue weighted by Crippen LogP contribution is 2.34. The number of aliphatic hydroxyl groups excluding tert-OH is 1. The van der Waals surface area contributed by atoms with E-state index in [9.17, 15) is 38.7 Å². The highest BCUT2D eigenvalue weighted by atomic mass is 16.8. The largest absolute Gasteiger partial charge is 0.463 e. The number of carbonyl (C=O) groups is 7. The van der Waals surface area contributed by atoms with E-state index in [0.717, 1.165) is 48.5 Å². The molecule has 18 nitrogen and oxygen atoms in total. The highest BCUT2D eigenvalue weighted by Gasteiger charge is 2.56. The topological polar surface area (TPSA) is 235 Å². The number of hydrogen-bond donors (Lipinski definition) is 2. The standard InChI is InChI=1S/C26H37NO17/c1-10(28)27-19-22(39-14(5)32)20(17(42-25(19)35)8-36-11(2)29)44-26-24(41-16(7)34)23(40-15(6)33)21(38-13(4)31)18(43-26)9-37-12(3)30/h17-26,35H,8-9H2,1-7H3,(H,27,28)/t17-,18-,19+,20+,21-,22-,23+,24+,25+,26+/m0/s1. The van der Waals surface area contributed by atoms with Crippen molar-refractivity contribution in [2.24, 2.45) is 0 Å². The second-order valence-corrected chi connectivity index (χ2v) is 9.84. The van der Waals surface area contributed by atoms with Crippen LogP contribution in [0.3, 0.4) is 0 Å². The summed E-state index contributed by atoms with van der Waals surface area (Å²) in [5, 5.41) is 13.1. The van der Waals surface area contributed by atoms with E-state index in [1.807, 2.05) is 0 Å². The first-order valence-electron chi connectivity index (χ1n) is 13.4. The molecule has 0 spiro atoms. The lowest BCUT2D eigenvalue weighted by atomic mass is 9.95. The van der Waals surface area contributed by atoms with Crippen molar-refractivity contribution in [1.29, 1.82) is 0 Å². The van der Waals surface area contributed by atoms with Gasteiger partial charge >= 0.3 is 35.8 Å². The molecule has 0 saturated carbocycles. The van der Waals surface area contributed by atoms with Crippen LogP contribution in [0.2, 0.25) is 0 Å². The van der Waals surface area contributed by atoms with E-state index < -0.39 is 116 Å². The summed E-state index contributed by atoms with van der Waals surface area (Å²) in [6, 6.07) is -1.43. The lowest BCUT2D eigenvalue weighted by Crippen LogP contribution is -2.68. The minimum absolute atomic E-state index is 0.559. The number of nitrogens with one attached hydrogen (secondary N) is 1. The molecule has 0 radical (unpaired) electrons. The van der Waals surface area contributed by atoms with E-state index in [2.05, 4.69) is 5.32 Å². The molecule has 1 amide bonds. The first kappa shape index (κ1) is 36.3. The smallest absolute Gasteiger partial charge is 0.303 e. The van der Waals surface area contributed by atoms with Crippen LogP contribution in [0.5, 0.6) is 0 Å². The maximum Gasteiger partial charge on any atom is 0.303 e. The molecular formula is C26H37NO17. The fourth-order valence-electron chi connectivity index (χ4n) is 4.59. The van der Waals surface area contributed by atoms with Crippen molar-refractivity contribution < 1.29 is 81.3 Å². The molecule has 2 heterocycles. The number of carbonyl (C=O) groups excluding carboxylic acids is 7. The van der Waals surface area contributed by atoms with E-state index in [1.54, 1.807) is 0 Å². The van der Waals surface area contributed by atoms with E-state index >= 15 is 0 Å². The van der Waals surface area contributed by atoms with Crippen LogP contribution in [-0.2, 0) is 76.2 Å². The van der Waals surface area contributed by atoms with E-state index in [-0.39, 0.29) is 0 Å². The summed E-state index contributed by atoms with van der Waals surface area (Å²) in [6.45, 7) is 6.33. The molecule has 2 rings (SSSR count). The quantitative estimate of drug-likeness (QED) is 0.188. The number of esters is 6. The van der Waals surface area contributed by atoms with E-state index in [4.69, 9.17) is 42.6 Å². The molecule has 2 aliphatic rings. The van der Waals surface area contributed by atoms with E-state index in [1.165, 1.54) is 0 Å². The van der Waals surface area contributed by atoms with E-state index in [0.29, 0.717) is 0 Å². The second-order valence-electron chi connectivity index (χ2n) is 9.84. The lowest BCUT2D eigenvalue weighted by Gasteiger charge is -2.48. The molecule has 2 N–H and O–H groups in total. The van der Waals surface area contributed by atoms with Crippen LogP contribution in [-0.4, -0.2) is 121 Å². The zero-order valence-corrected chi connectivity index (χ0v) is 25.2. The Morgan fingerprint density at radius 3 is 1.45 bits per heavy atom. The zero-order valence-electron chi connectivity index (χ0n) is 25.2. The van der Waals surface area contributed by atoms with Gasteiger partial charge in [-0.2, -0.15) is 0 Å². The summed E-state index contributed by atoms with van der Waals surface area (Å²) in [5.41, 5.74) is 0. The molecule has 0 aromatic heterocycles. The minimum atomic E-state index is -1.79. The molecule has 2 fully saturated rings. The summed E-state index contributed by atoms with van der Waals surface area (Å²) in [5.74, 6) is -5.68. The summed E-state index contributed by atoms with van der Waals surface area (Å²) < 4.78 is 49.2. The molecule has 248 valence electrons. The van der Waals surface area contributed by atoms with Crippen LogP contribution < -0.4 is 5.32 Å². The fraction of sp³-hybridized carbons (Fsp3) is 0.731. The Morgan fingerprint density at radius 1 is 0.568 bits per heavy atom. The van der Waals surface area contributed by atoms with Gasteiger partial charge in [0.05, 0.1) is 0 Å². The molecule has 2 aliphatic heterocycles. The third kappa shape index (κ3) is 10.7. The summed E-state index contributed by atoms with van der Waals surface area (Å²) in [4.78, 5) is 83.6. The molecule has 0 unspecified atom stereocenters. The normalized spacial score (nSPS) is 31.5. The van der Waals surface area contributed by atoms with Crippen molar-refractivity contribution in [3.63, 3.8) is 0 Å². The fourth-order valence-corrected chi connectivity index (χ4v) is 4.59. The third-order valence-corrected chi connectivity index (χ3v) is 6.03. The zero-order chi connectivity index (χ0) is 33.3. The Hall–Kier alpha value is -3.87. The molecule has 2 saturated heterocycles. The summed E-state index contributed by atoms with van der Waals surface area (Å²) in [6.07, 6.45) is -14.2. The Labute approximate surface area is 251 Å². The maximum absolute atomic E-state index is 12.2. The Bertz CT molecular complexity index is 1090. The number of hydrogen-bond acceptors (Lipinski definition) is 17. The first-order valence-corrected chi connectivity index (χ1v) is 13.4.